The molecule has 0 amide bonds. The molecule has 0 saturated carbocycles. The van der Waals surface area contributed by atoms with Gasteiger partial charge in [-0.1, -0.05) is 11.6 Å². The molecule has 3 aromatic carbocycles. The van der Waals surface area contributed by atoms with Gasteiger partial charge in [-0.2, -0.15) is 0 Å². The van der Waals surface area contributed by atoms with Crippen LogP contribution in [-0.4, -0.2) is 38.1 Å². The first-order chi connectivity index (χ1) is 19.6. The van der Waals surface area contributed by atoms with E-state index in [1.807, 2.05) is 26.0 Å². The number of allylic oxidation sites excluding steroid dienone is 2. The number of hydrogen-bond donors (Lipinski definition) is 1. The molecule has 0 fully saturated rings. The van der Waals surface area contributed by atoms with E-state index in [-0.39, 0.29) is 16.6 Å². The number of methoxy groups -OCH3 is 4. The summed E-state index contributed by atoms with van der Waals surface area (Å²) in [5.41, 5.74) is 2.56. The van der Waals surface area contributed by atoms with Crippen molar-refractivity contribution in [3.63, 3.8) is 0 Å². The lowest BCUT2D eigenvalue weighted by atomic mass is 9.86. The predicted octanol–water partition coefficient (Wildman–Crippen LogP) is 5.64. The maximum absolute atomic E-state index is 14.0. The molecule has 0 unspecified atom stereocenters. The number of benzene rings is 3. The fraction of sp³-hybridized carbons (Fsp3) is 0.250. The topological polar surface area (TPSA) is 109 Å². The zero-order valence-electron chi connectivity index (χ0n) is 23.9. The van der Waals surface area contributed by atoms with Crippen LogP contribution in [0.2, 0.25) is 0 Å². The number of ether oxygens (including phenoxy) is 4. The molecule has 0 bridgehead atoms. The average Bonchev–Trinajstić information content (AvgIpc) is 2.96. The smallest absolute Gasteiger partial charge is 0.336 e. The molecule has 0 saturated heterocycles. The number of pyridine rings is 1. The highest BCUT2D eigenvalue weighted by Crippen LogP contribution is 2.47. The standard InChI is InChI=1S/C32H31NO8/c1-16(2)12-20(19-13-17-8-11-26(34)41-23(17)15-24(19)38-5)27-25(39-6)14-21-28(31(27)36)30(35)18-9-10-22(37-4)32(40-7)29(18)33(21)3/h8-15,20,36H,1-7H3/t20-/m0/s1. The molecule has 1 atom stereocenters. The molecule has 1 N–H and O–H groups in total. The highest BCUT2D eigenvalue weighted by Gasteiger charge is 2.29. The van der Waals surface area contributed by atoms with Crippen molar-refractivity contribution in [2.75, 3.05) is 28.4 Å². The quantitative estimate of drug-likeness (QED) is 0.156. The van der Waals surface area contributed by atoms with Crippen molar-refractivity contribution in [1.29, 1.82) is 0 Å². The average molecular weight is 558 g/mol. The minimum atomic E-state index is -0.587. The number of aryl methyl sites for hydroxylation is 1. The van der Waals surface area contributed by atoms with Crippen LogP contribution in [0.5, 0.6) is 28.7 Å². The molecular weight excluding hydrogens is 526 g/mol. The van der Waals surface area contributed by atoms with Gasteiger partial charge in [0.2, 0.25) is 5.43 Å². The van der Waals surface area contributed by atoms with E-state index in [2.05, 4.69) is 0 Å². The van der Waals surface area contributed by atoms with Gasteiger partial charge in [-0.25, -0.2) is 4.79 Å². The van der Waals surface area contributed by atoms with Crippen LogP contribution < -0.4 is 30.0 Å². The van der Waals surface area contributed by atoms with E-state index >= 15 is 0 Å². The lowest BCUT2D eigenvalue weighted by Gasteiger charge is -2.24. The Morgan fingerprint density at radius 1 is 0.902 bits per heavy atom. The molecule has 9 nitrogen and oxygen atoms in total. The number of phenolic OH excluding ortho intramolecular Hbond substituents is 1. The number of aromatic nitrogens is 1. The third-order valence-electron chi connectivity index (χ3n) is 7.31. The number of rotatable bonds is 7. The molecule has 0 radical (unpaired) electrons. The molecule has 9 heteroatoms. The van der Waals surface area contributed by atoms with E-state index in [0.717, 1.165) is 5.57 Å². The molecule has 2 heterocycles. The van der Waals surface area contributed by atoms with Gasteiger partial charge in [0.1, 0.15) is 22.8 Å². The van der Waals surface area contributed by atoms with E-state index in [9.17, 15) is 14.7 Å². The molecule has 0 spiro atoms. The number of hydrogen-bond acceptors (Lipinski definition) is 8. The van der Waals surface area contributed by atoms with Crippen LogP contribution in [0.15, 0.2) is 68.1 Å². The van der Waals surface area contributed by atoms with Crippen LogP contribution in [0, 0.1) is 0 Å². The van der Waals surface area contributed by atoms with Crippen molar-refractivity contribution in [3.8, 4) is 28.7 Å². The van der Waals surface area contributed by atoms with Gasteiger partial charge in [0.15, 0.2) is 11.5 Å². The molecular formula is C32H31NO8. The van der Waals surface area contributed by atoms with Crippen molar-refractivity contribution in [2.24, 2.45) is 7.05 Å². The van der Waals surface area contributed by atoms with E-state index in [0.29, 0.717) is 61.5 Å². The molecule has 41 heavy (non-hydrogen) atoms. The first-order valence-electron chi connectivity index (χ1n) is 12.9. The van der Waals surface area contributed by atoms with Crippen LogP contribution in [-0.2, 0) is 7.05 Å². The summed E-state index contributed by atoms with van der Waals surface area (Å²) in [5, 5.41) is 13.1. The second kappa shape index (κ2) is 10.6. The summed E-state index contributed by atoms with van der Waals surface area (Å²) in [4.78, 5) is 25.8. The molecule has 2 aromatic heterocycles. The lowest BCUT2D eigenvalue weighted by molar-refractivity contribution is 0.357. The number of phenols is 1. The van der Waals surface area contributed by atoms with E-state index in [4.69, 9.17) is 23.4 Å². The highest BCUT2D eigenvalue weighted by atomic mass is 16.5. The van der Waals surface area contributed by atoms with Crippen molar-refractivity contribution in [2.45, 2.75) is 19.8 Å². The summed E-state index contributed by atoms with van der Waals surface area (Å²) in [6.07, 6.45) is 1.96. The summed E-state index contributed by atoms with van der Waals surface area (Å²) >= 11 is 0. The van der Waals surface area contributed by atoms with Gasteiger partial charge in [-0.3, -0.25) is 4.79 Å². The summed E-state index contributed by atoms with van der Waals surface area (Å²) in [6.45, 7) is 3.88. The fourth-order valence-corrected chi connectivity index (χ4v) is 5.48. The first-order valence-corrected chi connectivity index (χ1v) is 12.9. The van der Waals surface area contributed by atoms with Gasteiger partial charge >= 0.3 is 5.63 Å². The Labute approximate surface area is 235 Å². The second-order valence-electron chi connectivity index (χ2n) is 9.93. The Balaban J connectivity index is 1.92. The Morgan fingerprint density at radius 3 is 2.24 bits per heavy atom. The monoisotopic (exact) mass is 557 g/mol. The summed E-state index contributed by atoms with van der Waals surface area (Å²) < 4.78 is 29.8. The Hall–Kier alpha value is -4.92. The van der Waals surface area contributed by atoms with Gasteiger partial charge in [-0.05, 0) is 38.1 Å². The largest absolute Gasteiger partial charge is 0.507 e. The van der Waals surface area contributed by atoms with E-state index in [1.165, 1.54) is 34.5 Å². The van der Waals surface area contributed by atoms with E-state index in [1.54, 1.807) is 41.9 Å². The first kappa shape index (κ1) is 27.6. The highest BCUT2D eigenvalue weighted by molar-refractivity contribution is 6.01. The SMILES string of the molecule is COc1cc2oc(=O)ccc2cc1[C@H](C=C(C)C)c1c(OC)cc2c(c1O)c(=O)c1ccc(OC)c(OC)c1n2C. The normalized spacial score (nSPS) is 12.0. The van der Waals surface area contributed by atoms with Gasteiger partial charge < -0.3 is 33.0 Å². The zero-order valence-corrected chi connectivity index (χ0v) is 23.9. The van der Waals surface area contributed by atoms with Gasteiger partial charge in [0, 0.05) is 47.7 Å². The minimum Gasteiger partial charge on any atom is -0.507 e. The van der Waals surface area contributed by atoms with Crippen LogP contribution in [0.3, 0.4) is 0 Å². The maximum atomic E-state index is 14.0. The third-order valence-corrected chi connectivity index (χ3v) is 7.31. The third kappa shape index (κ3) is 4.43. The Kier molecular flexibility index (Phi) is 7.13. The Morgan fingerprint density at radius 2 is 1.61 bits per heavy atom. The van der Waals surface area contributed by atoms with Gasteiger partial charge in [0.05, 0.1) is 50.2 Å². The van der Waals surface area contributed by atoms with Crippen molar-refractivity contribution >= 4 is 32.8 Å². The minimum absolute atomic E-state index is 0.140. The lowest BCUT2D eigenvalue weighted by Crippen LogP contribution is -2.13. The molecule has 0 aliphatic rings. The summed E-state index contributed by atoms with van der Waals surface area (Å²) in [5.74, 6) is 0.904. The zero-order chi connectivity index (χ0) is 29.6. The molecule has 0 aliphatic heterocycles. The van der Waals surface area contributed by atoms with E-state index < -0.39 is 11.5 Å². The second-order valence-corrected chi connectivity index (χ2v) is 9.93. The van der Waals surface area contributed by atoms with Crippen LogP contribution in [0.1, 0.15) is 30.9 Å². The van der Waals surface area contributed by atoms with Crippen LogP contribution >= 0.6 is 0 Å². The molecule has 0 aliphatic carbocycles. The number of nitrogens with zero attached hydrogens (tertiary/aromatic N) is 1. The van der Waals surface area contributed by atoms with Gasteiger partial charge in [0.25, 0.3) is 0 Å². The molecule has 212 valence electrons. The van der Waals surface area contributed by atoms with Crippen LogP contribution in [0.25, 0.3) is 32.8 Å². The van der Waals surface area contributed by atoms with Crippen molar-refractivity contribution in [1.82, 2.24) is 4.57 Å². The summed E-state index contributed by atoms with van der Waals surface area (Å²) in [6, 6.07) is 11.6. The maximum Gasteiger partial charge on any atom is 0.336 e. The van der Waals surface area contributed by atoms with Crippen LogP contribution in [0.4, 0.5) is 0 Å². The fourth-order valence-electron chi connectivity index (χ4n) is 5.48. The van der Waals surface area contributed by atoms with Gasteiger partial charge in [-0.15, -0.1) is 0 Å². The molecule has 5 rings (SSSR count). The van der Waals surface area contributed by atoms with Crippen molar-refractivity contribution < 1.29 is 28.5 Å². The number of aromatic hydroxyl groups is 1. The predicted molar refractivity (Wildman–Crippen MR) is 158 cm³/mol. The van der Waals surface area contributed by atoms with Crippen molar-refractivity contribution in [3.05, 3.63) is 85.9 Å². The summed E-state index contributed by atoms with van der Waals surface area (Å²) in [7, 11) is 7.87. The molecule has 5 aromatic rings. The number of fused-ring (bicyclic) bond motifs is 3. The Bertz CT molecular complexity index is 1980.